The van der Waals surface area contributed by atoms with Gasteiger partial charge >= 0.3 is 0 Å². The van der Waals surface area contributed by atoms with Crippen LogP contribution in [0.1, 0.15) is 5.56 Å². The lowest BCUT2D eigenvalue weighted by Crippen LogP contribution is -2.13. The van der Waals surface area contributed by atoms with Gasteiger partial charge in [0.1, 0.15) is 28.9 Å². The van der Waals surface area contributed by atoms with Crippen molar-refractivity contribution in [3.63, 3.8) is 0 Å². The van der Waals surface area contributed by atoms with E-state index in [1.165, 1.54) is 20.3 Å². The monoisotopic (exact) mass is 338 g/mol. The molecule has 1 N–H and O–H groups in total. The van der Waals surface area contributed by atoms with Gasteiger partial charge in [-0.05, 0) is 48.0 Å². The van der Waals surface area contributed by atoms with E-state index in [1.807, 2.05) is 6.07 Å². The topological polar surface area (TPSA) is 80.6 Å². The minimum atomic E-state index is -0.505. The Morgan fingerprint density at radius 1 is 0.960 bits per heavy atom. The maximum Gasteiger partial charge on any atom is 0.266 e. The highest BCUT2D eigenvalue weighted by atomic mass is 16.5. The first-order valence-corrected chi connectivity index (χ1v) is 7.40. The van der Waals surface area contributed by atoms with Crippen LogP contribution in [0, 0.1) is 11.3 Å². The quantitative estimate of drug-likeness (QED) is 0.646. The molecular weight excluding hydrogens is 320 g/mol. The molecule has 1 amide bonds. The largest absolute Gasteiger partial charge is 0.497 e. The number of carbonyl (C=O) groups is 1. The van der Waals surface area contributed by atoms with Gasteiger partial charge in [0.25, 0.3) is 5.91 Å². The Balaban J connectivity index is 2.24. The highest BCUT2D eigenvalue weighted by Crippen LogP contribution is 2.24. The molecule has 6 heteroatoms. The number of hydrogen-bond acceptors (Lipinski definition) is 5. The van der Waals surface area contributed by atoms with Crippen LogP contribution in [-0.2, 0) is 4.79 Å². The molecule has 0 radical (unpaired) electrons. The Kier molecular flexibility index (Phi) is 6.02. The van der Waals surface area contributed by atoms with Gasteiger partial charge in [-0.3, -0.25) is 4.79 Å². The normalized spacial score (nSPS) is 10.6. The molecule has 6 nitrogen and oxygen atoms in total. The molecule has 0 atom stereocenters. The number of benzene rings is 2. The number of methoxy groups -OCH3 is 3. The van der Waals surface area contributed by atoms with Gasteiger partial charge in [0.05, 0.1) is 21.3 Å². The van der Waals surface area contributed by atoms with Crippen LogP contribution in [0.15, 0.2) is 48.0 Å². The smallest absolute Gasteiger partial charge is 0.266 e. The van der Waals surface area contributed by atoms with Crippen molar-refractivity contribution in [2.75, 3.05) is 26.6 Å². The summed E-state index contributed by atoms with van der Waals surface area (Å²) in [6.07, 6.45) is 1.48. The van der Waals surface area contributed by atoms with Crippen LogP contribution < -0.4 is 19.5 Å². The van der Waals surface area contributed by atoms with Crippen molar-refractivity contribution in [2.24, 2.45) is 0 Å². The third-order valence-electron chi connectivity index (χ3n) is 3.40. The summed E-state index contributed by atoms with van der Waals surface area (Å²) in [5.41, 5.74) is 1.15. The number of anilines is 1. The van der Waals surface area contributed by atoms with Crippen molar-refractivity contribution in [1.82, 2.24) is 0 Å². The van der Waals surface area contributed by atoms with Gasteiger partial charge in [-0.2, -0.15) is 5.26 Å². The Morgan fingerprint density at radius 3 is 2.00 bits per heavy atom. The predicted molar refractivity (Wildman–Crippen MR) is 94.8 cm³/mol. The zero-order chi connectivity index (χ0) is 18.2. The molecular formula is C19H18N2O4. The van der Waals surface area contributed by atoms with E-state index < -0.39 is 5.91 Å². The van der Waals surface area contributed by atoms with Crippen molar-refractivity contribution >= 4 is 17.7 Å². The van der Waals surface area contributed by atoms with Crippen molar-refractivity contribution in [3.8, 4) is 23.3 Å². The van der Waals surface area contributed by atoms with Crippen LogP contribution in [0.5, 0.6) is 17.2 Å². The molecule has 2 aromatic rings. The fourth-order valence-electron chi connectivity index (χ4n) is 2.10. The summed E-state index contributed by atoms with van der Waals surface area (Å²) in [6, 6.07) is 13.9. The Hall–Kier alpha value is -3.46. The third-order valence-corrected chi connectivity index (χ3v) is 3.40. The molecule has 0 aliphatic rings. The molecule has 0 heterocycles. The van der Waals surface area contributed by atoms with Crippen molar-refractivity contribution < 1.29 is 19.0 Å². The van der Waals surface area contributed by atoms with E-state index in [1.54, 1.807) is 49.6 Å². The Bertz CT molecular complexity index is 798. The maximum atomic E-state index is 12.3. The van der Waals surface area contributed by atoms with Crippen molar-refractivity contribution in [3.05, 3.63) is 53.6 Å². The lowest BCUT2D eigenvalue weighted by Gasteiger charge is -2.07. The van der Waals surface area contributed by atoms with Gasteiger partial charge in [-0.25, -0.2) is 0 Å². The Labute approximate surface area is 146 Å². The number of nitriles is 1. The number of carbonyl (C=O) groups excluding carboxylic acids is 1. The van der Waals surface area contributed by atoms with Crippen LogP contribution >= 0.6 is 0 Å². The first-order valence-electron chi connectivity index (χ1n) is 7.40. The van der Waals surface area contributed by atoms with Gasteiger partial charge in [0.15, 0.2) is 0 Å². The highest BCUT2D eigenvalue weighted by molar-refractivity contribution is 6.09. The van der Waals surface area contributed by atoms with Crippen LogP contribution in [0.4, 0.5) is 5.69 Å². The minimum absolute atomic E-state index is 0.0360. The first-order chi connectivity index (χ1) is 12.1. The fourth-order valence-corrected chi connectivity index (χ4v) is 2.10. The van der Waals surface area contributed by atoms with Gasteiger partial charge < -0.3 is 19.5 Å². The Morgan fingerprint density at radius 2 is 1.52 bits per heavy atom. The second-order valence-electron chi connectivity index (χ2n) is 5.00. The van der Waals surface area contributed by atoms with Gasteiger partial charge in [-0.1, -0.05) is 0 Å². The number of nitrogens with zero attached hydrogens (tertiary/aromatic N) is 1. The molecule has 0 unspecified atom stereocenters. The van der Waals surface area contributed by atoms with Crippen molar-refractivity contribution in [2.45, 2.75) is 0 Å². The molecule has 0 fully saturated rings. The standard InChI is InChI=1S/C19H18N2O4/c1-23-16-6-4-15(5-7-16)21-19(22)14(12-20)8-13-9-17(24-2)11-18(10-13)25-3/h4-11H,1-3H3,(H,21,22)/b14-8+. The van der Waals surface area contributed by atoms with Crippen LogP contribution in [-0.4, -0.2) is 27.2 Å². The highest BCUT2D eigenvalue weighted by Gasteiger charge is 2.10. The minimum Gasteiger partial charge on any atom is -0.497 e. The molecule has 0 saturated heterocycles. The summed E-state index contributed by atoms with van der Waals surface area (Å²) in [7, 11) is 4.63. The van der Waals surface area contributed by atoms with E-state index >= 15 is 0 Å². The third kappa shape index (κ3) is 4.75. The van der Waals surface area contributed by atoms with E-state index in [0.29, 0.717) is 28.5 Å². The average molecular weight is 338 g/mol. The lowest BCUT2D eigenvalue weighted by molar-refractivity contribution is -0.112. The van der Waals surface area contributed by atoms with Crippen LogP contribution in [0.25, 0.3) is 6.08 Å². The van der Waals surface area contributed by atoms with Crippen LogP contribution in [0.3, 0.4) is 0 Å². The molecule has 0 aliphatic carbocycles. The zero-order valence-corrected chi connectivity index (χ0v) is 14.2. The molecule has 0 bridgehead atoms. The number of nitrogens with one attached hydrogen (secondary N) is 1. The summed E-state index contributed by atoms with van der Waals surface area (Å²) >= 11 is 0. The molecule has 0 aromatic heterocycles. The molecule has 128 valence electrons. The second-order valence-corrected chi connectivity index (χ2v) is 5.00. The fraction of sp³-hybridized carbons (Fsp3) is 0.158. The van der Waals surface area contributed by atoms with Crippen molar-refractivity contribution in [1.29, 1.82) is 5.26 Å². The van der Waals surface area contributed by atoms with Gasteiger partial charge in [0, 0.05) is 11.8 Å². The predicted octanol–water partition coefficient (Wildman–Crippen LogP) is 3.26. The van der Waals surface area contributed by atoms with E-state index in [0.717, 1.165) is 0 Å². The van der Waals surface area contributed by atoms with E-state index in [2.05, 4.69) is 5.32 Å². The molecule has 25 heavy (non-hydrogen) atoms. The second kappa shape index (κ2) is 8.41. The summed E-state index contributed by atoms with van der Waals surface area (Å²) in [6.45, 7) is 0. The molecule has 2 rings (SSSR count). The first kappa shape index (κ1) is 17.9. The van der Waals surface area contributed by atoms with Crippen LogP contribution in [0.2, 0.25) is 0 Å². The molecule has 0 spiro atoms. The SMILES string of the molecule is COc1ccc(NC(=O)/C(C#N)=C/c2cc(OC)cc(OC)c2)cc1. The number of ether oxygens (including phenoxy) is 3. The lowest BCUT2D eigenvalue weighted by atomic mass is 10.1. The summed E-state index contributed by atoms with van der Waals surface area (Å²) in [5, 5.41) is 12.0. The number of amides is 1. The summed E-state index contributed by atoms with van der Waals surface area (Å²) in [4.78, 5) is 12.3. The van der Waals surface area contributed by atoms with Gasteiger partial charge in [0.2, 0.25) is 0 Å². The number of rotatable bonds is 6. The maximum absolute atomic E-state index is 12.3. The molecule has 0 aliphatic heterocycles. The van der Waals surface area contributed by atoms with E-state index in [9.17, 15) is 10.1 Å². The number of hydrogen-bond donors (Lipinski definition) is 1. The van der Waals surface area contributed by atoms with E-state index in [4.69, 9.17) is 14.2 Å². The molecule has 0 saturated carbocycles. The zero-order valence-electron chi connectivity index (χ0n) is 14.2. The molecule has 2 aromatic carbocycles. The summed E-state index contributed by atoms with van der Waals surface area (Å²) < 4.78 is 15.4. The summed E-state index contributed by atoms with van der Waals surface area (Å²) in [5.74, 6) is 1.31. The van der Waals surface area contributed by atoms with E-state index in [-0.39, 0.29) is 5.57 Å². The average Bonchev–Trinajstić information content (AvgIpc) is 2.66. The van der Waals surface area contributed by atoms with Gasteiger partial charge in [-0.15, -0.1) is 0 Å².